The molecule has 0 spiro atoms. The number of pyridine rings is 2. The topological polar surface area (TPSA) is 64.0 Å². The van der Waals surface area contributed by atoms with Crippen molar-refractivity contribution < 1.29 is 4.79 Å². The quantitative estimate of drug-likeness (QED) is 0.900. The van der Waals surface area contributed by atoms with Crippen molar-refractivity contribution in [3.8, 4) is 0 Å². The molecule has 2 aromatic rings. The molecule has 134 valence electrons. The lowest BCUT2D eigenvalue weighted by Gasteiger charge is -2.14. The van der Waals surface area contributed by atoms with E-state index in [0.717, 1.165) is 23.4 Å². The first-order valence-electron chi connectivity index (χ1n) is 8.67. The molecule has 0 saturated carbocycles. The molecule has 1 amide bonds. The summed E-state index contributed by atoms with van der Waals surface area (Å²) in [5.41, 5.74) is 3.95. The molecule has 5 heteroatoms. The molecule has 0 aliphatic heterocycles. The molecule has 0 fully saturated rings. The Kier molecular flexibility index (Phi) is 5.77. The normalized spacial score (nSPS) is 11.0. The zero-order chi connectivity index (χ0) is 18.7. The monoisotopic (exact) mass is 341 g/mol. The van der Waals surface area contributed by atoms with Crippen LogP contribution in [-0.4, -0.2) is 15.5 Å². The first kappa shape index (κ1) is 18.9. The van der Waals surface area contributed by atoms with Gasteiger partial charge < -0.3 is 9.88 Å². The number of aryl methyl sites for hydroxylation is 5. The second kappa shape index (κ2) is 7.64. The molecule has 0 atom stereocenters. The zero-order valence-corrected chi connectivity index (χ0v) is 15.9. The third-order valence-corrected chi connectivity index (χ3v) is 4.45. The second-order valence-electron chi connectivity index (χ2n) is 7.03. The largest absolute Gasteiger partial charge is 0.320 e. The SMILES string of the molecule is Cc1cc(NC(=O)c2c(C)ccn(CCC(C)C)c2=O)c(C)nc1C. The van der Waals surface area contributed by atoms with E-state index in [1.807, 2.05) is 32.9 Å². The van der Waals surface area contributed by atoms with Crippen molar-refractivity contribution in [1.29, 1.82) is 0 Å². The maximum atomic E-state index is 12.7. The molecule has 1 N–H and O–H groups in total. The Morgan fingerprint density at radius 3 is 2.48 bits per heavy atom. The van der Waals surface area contributed by atoms with Crippen LogP contribution in [0.15, 0.2) is 23.1 Å². The van der Waals surface area contributed by atoms with Gasteiger partial charge in [0, 0.05) is 18.4 Å². The van der Waals surface area contributed by atoms with Crippen LogP contribution < -0.4 is 10.9 Å². The first-order chi connectivity index (χ1) is 11.7. The average Bonchev–Trinajstić information content (AvgIpc) is 2.51. The molecule has 2 rings (SSSR count). The van der Waals surface area contributed by atoms with Crippen LogP contribution in [0.1, 0.15) is 53.1 Å². The molecular formula is C20H27N3O2. The predicted molar refractivity (Wildman–Crippen MR) is 101 cm³/mol. The molecule has 0 aliphatic carbocycles. The van der Waals surface area contributed by atoms with Gasteiger partial charge in [-0.1, -0.05) is 13.8 Å². The fraction of sp³-hybridized carbons (Fsp3) is 0.450. The molecule has 2 aromatic heterocycles. The number of nitrogens with zero attached hydrogens (tertiary/aromatic N) is 2. The van der Waals surface area contributed by atoms with E-state index in [2.05, 4.69) is 24.1 Å². The van der Waals surface area contributed by atoms with Gasteiger partial charge in [0.05, 0.1) is 11.4 Å². The van der Waals surface area contributed by atoms with Gasteiger partial charge in [0.1, 0.15) is 5.56 Å². The van der Waals surface area contributed by atoms with Gasteiger partial charge in [-0.3, -0.25) is 14.6 Å². The van der Waals surface area contributed by atoms with Crippen molar-refractivity contribution in [2.45, 2.75) is 54.5 Å². The van der Waals surface area contributed by atoms with Crippen molar-refractivity contribution in [1.82, 2.24) is 9.55 Å². The predicted octanol–water partition coefficient (Wildman–Crippen LogP) is 3.78. The van der Waals surface area contributed by atoms with E-state index < -0.39 is 0 Å². The van der Waals surface area contributed by atoms with Gasteiger partial charge in [-0.05, 0) is 63.3 Å². The molecule has 0 unspecified atom stereocenters. The number of anilines is 1. The van der Waals surface area contributed by atoms with Crippen LogP contribution in [0.4, 0.5) is 5.69 Å². The van der Waals surface area contributed by atoms with Crippen molar-refractivity contribution >= 4 is 11.6 Å². The molecule has 0 aliphatic rings. The summed E-state index contributed by atoms with van der Waals surface area (Å²) in [6, 6.07) is 3.72. The van der Waals surface area contributed by atoms with Crippen molar-refractivity contribution in [2.75, 3.05) is 5.32 Å². The van der Waals surface area contributed by atoms with E-state index in [4.69, 9.17) is 0 Å². The van der Waals surface area contributed by atoms with Gasteiger partial charge in [0.25, 0.3) is 11.5 Å². The van der Waals surface area contributed by atoms with Gasteiger partial charge >= 0.3 is 0 Å². The summed E-state index contributed by atoms with van der Waals surface area (Å²) >= 11 is 0. The van der Waals surface area contributed by atoms with E-state index in [1.54, 1.807) is 17.7 Å². The van der Waals surface area contributed by atoms with Gasteiger partial charge in [-0.2, -0.15) is 0 Å². The zero-order valence-electron chi connectivity index (χ0n) is 15.9. The summed E-state index contributed by atoms with van der Waals surface area (Å²) in [6.07, 6.45) is 2.66. The minimum absolute atomic E-state index is 0.198. The van der Waals surface area contributed by atoms with Crippen LogP contribution in [0.5, 0.6) is 0 Å². The summed E-state index contributed by atoms with van der Waals surface area (Å²) < 4.78 is 1.62. The van der Waals surface area contributed by atoms with Crippen LogP contribution >= 0.6 is 0 Å². The molecule has 0 aromatic carbocycles. The minimum atomic E-state index is -0.380. The molecule has 25 heavy (non-hydrogen) atoms. The van der Waals surface area contributed by atoms with E-state index in [9.17, 15) is 9.59 Å². The number of amides is 1. The van der Waals surface area contributed by atoms with Crippen LogP contribution in [0.3, 0.4) is 0 Å². The van der Waals surface area contributed by atoms with Crippen molar-refractivity contribution in [3.05, 3.63) is 56.8 Å². The summed E-state index contributed by atoms with van der Waals surface area (Å²) in [6.45, 7) is 12.4. The Hall–Kier alpha value is -2.43. The summed E-state index contributed by atoms with van der Waals surface area (Å²) in [5, 5.41) is 2.85. The lowest BCUT2D eigenvalue weighted by atomic mass is 10.1. The highest BCUT2D eigenvalue weighted by Crippen LogP contribution is 2.18. The highest BCUT2D eigenvalue weighted by molar-refractivity contribution is 6.05. The molecule has 0 saturated heterocycles. The van der Waals surface area contributed by atoms with Crippen LogP contribution in [0.25, 0.3) is 0 Å². The lowest BCUT2D eigenvalue weighted by molar-refractivity contribution is 0.102. The van der Waals surface area contributed by atoms with Gasteiger partial charge in [-0.15, -0.1) is 0 Å². The third-order valence-electron chi connectivity index (χ3n) is 4.45. The smallest absolute Gasteiger partial charge is 0.263 e. The average molecular weight is 341 g/mol. The third kappa shape index (κ3) is 4.35. The summed E-state index contributed by atoms with van der Waals surface area (Å²) in [5.74, 6) is 0.115. The van der Waals surface area contributed by atoms with E-state index in [1.165, 1.54) is 0 Å². The Morgan fingerprint density at radius 1 is 1.16 bits per heavy atom. The standard InChI is InChI=1S/C20H27N3O2/c1-12(2)7-9-23-10-8-13(3)18(20(23)25)19(24)22-17-11-14(4)15(5)21-16(17)6/h8,10-12H,7,9H2,1-6H3,(H,22,24). The number of carbonyl (C=O) groups is 1. The second-order valence-corrected chi connectivity index (χ2v) is 7.03. The van der Waals surface area contributed by atoms with E-state index in [0.29, 0.717) is 23.7 Å². The fourth-order valence-electron chi connectivity index (χ4n) is 2.65. The number of aromatic nitrogens is 2. The molecule has 2 heterocycles. The Morgan fingerprint density at radius 2 is 1.84 bits per heavy atom. The Balaban J connectivity index is 2.35. The summed E-state index contributed by atoms with van der Waals surface area (Å²) in [7, 11) is 0. The number of hydrogen-bond acceptors (Lipinski definition) is 3. The summed E-state index contributed by atoms with van der Waals surface area (Å²) in [4.78, 5) is 29.9. The van der Waals surface area contributed by atoms with Crippen molar-refractivity contribution in [2.24, 2.45) is 5.92 Å². The maximum absolute atomic E-state index is 12.7. The fourth-order valence-corrected chi connectivity index (χ4v) is 2.65. The Labute approximate surface area is 149 Å². The van der Waals surface area contributed by atoms with Gasteiger partial charge in [-0.25, -0.2) is 0 Å². The van der Waals surface area contributed by atoms with Crippen LogP contribution in [-0.2, 0) is 6.54 Å². The lowest BCUT2D eigenvalue weighted by Crippen LogP contribution is -2.30. The molecular weight excluding hydrogens is 314 g/mol. The van der Waals surface area contributed by atoms with Crippen molar-refractivity contribution in [3.63, 3.8) is 0 Å². The van der Waals surface area contributed by atoms with Crippen LogP contribution in [0.2, 0.25) is 0 Å². The highest BCUT2D eigenvalue weighted by atomic mass is 16.2. The Bertz CT molecular complexity index is 851. The van der Waals surface area contributed by atoms with E-state index in [-0.39, 0.29) is 17.0 Å². The molecule has 0 bridgehead atoms. The van der Waals surface area contributed by atoms with Gasteiger partial charge in [0.2, 0.25) is 0 Å². The maximum Gasteiger partial charge on any atom is 0.263 e. The van der Waals surface area contributed by atoms with Crippen LogP contribution in [0, 0.1) is 33.6 Å². The molecule has 0 radical (unpaired) electrons. The highest BCUT2D eigenvalue weighted by Gasteiger charge is 2.17. The van der Waals surface area contributed by atoms with Gasteiger partial charge in [0.15, 0.2) is 0 Å². The number of nitrogens with one attached hydrogen (secondary N) is 1. The first-order valence-corrected chi connectivity index (χ1v) is 8.67. The minimum Gasteiger partial charge on any atom is -0.320 e. The number of carbonyl (C=O) groups excluding carboxylic acids is 1. The number of hydrogen-bond donors (Lipinski definition) is 1. The molecule has 5 nitrogen and oxygen atoms in total. The van der Waals surface area contributed by atoms with E-state index >= 15 is 0 Å². The number of rotatable bonds is 5.